The molecule has 0 saturated heterocycles. The van der Waals surface area contributed by atoms with Crippen LogP contribution in [0.25, 0.3) is 0 Å². The van der Waals surface area contributed by atoms with Crippen LogP contribution in [-0.4, -0.2) is 13.1 Å². The summed E-state index contributed by atoms with van der Waals surface area (Å²) >= 11 is 0. The summed E-state index contributed by atoms with van der Waals surface area (Å²) in [5.74, 6) is 3.17. The zero-order valence-electron chi connectivity index (χ0n) is 7.39. The first-order valence-electron chi connectivity index (χ1n) is 4.62. The van der Waals surface area contributed by atoms with Gasteiger partial charge in [-0.25, -0.2) is 0 Å². The van der Waals surface area contributed by atoms with E-state index in [1.807, 2.05) is 0 Å². The molecule has 0 aliphatic heterocycles. The van der Waals surface area contributed by atoms with Gasteiger partial charge in [-0.3, -0.25) is 0 Å². The predicted octanol–water partition coefficient (Wildman–Crippen LogP) is -2.38. The first-order chi connectivity index (χ1) is 4.83. The highest BCUT2D eigenvalue weighted by Crippen LogP contribution is 2.46. The van der Waals surface area contributed by atoms with Crippen LogP contribution in [0.1, 0.15) is 26.2 Å². The predicted molar refractivity (Wildman–Crippen MR) is 41.6 cm³/mol. The monoisotopic (exact) mass is 175 g/mol. The summed E-state index contributed by atoms with van der Waals surface area (Å²) in [6.07, 6.45) is 4.58. The van der Waals surface area contributed by atoms with Gasteiger partial charge in [-0.05, 0) is 25.2 Å². The quantitative estimate of drug-likeness (QED) is 0.459. The van der Waals surface area contributed by atoms with Crippen molar-refractivity contribution in [1.29, 1.82) is 0 Å². The van der Waals surface area contributed by atoms with E-state index in [-0.39, 0.29) is 12.4 Å². The van der Waals surface area contributed by atoms with Crippen LogP contribution in [0.5, 0.6) is 0 Å². The van der Waals surface area contributed by atoms with Gasteiger partial charge < -0.3 is 17.7 Å². The van der Waals surface area contributed by atoms with E-state index in [9.17, 15) is 0 Å². The van der Waals surface area contributed by atoms with Crippen molar-refractivity contribution in [2.45, 2.75) is 32.2 Å². The third-order valence-electron chi connectivity index (χ3n) is 3.79. The van der Waals surface area contributed by atoms with E-state index in [0.717, 1.165) is 23.8 Å². The summed E-state index contributed by atoms with van der Waals surface area (Å²) in [5.41, 5.74) is 0. The molecule has 2 aliphatic carbocycles. The molecule has 11 heavy (non-hydrogen) atoms. The summed E-state index contributed by atoms with van der Waals surface area (Å²) in [6, 6.07) is 0.971. The zero-order chi connectivity index (χ0) is 7.14. The number of hydrogen-bond acceptors (Lipinski definition) is 0. The fourth-order valence-corrected chi connectivity index (χ4v) is 3.20. The van der Waals surface area contributed by atoms with Crippen molar-refractivity contribution in [3.63, 3.8) is 0 Å². The topological polar surface area (TPSA) is 16.6 Å². The van der Waals surface area contributed by atoms with E-state index < -0.39 is 0 Å². The molecule has 0 aromatic carbocycles. The molecule has 2 fully saturated rings. The van der Waals surface area contributed by atoms with Gasteiger partial charge in [-0.1, -0.05) is 6.92 Å². The minimum atomic E-state index is 0. The molecule has 66 valence electrons. The van der Waals surface area contributed by atoms with E-state index in [1.165, 1.54) is 19.3 Å². The van der Waals surface area contributed by atoms with Crippen molar-refractivity contribution in [2.75, 3.05) is 7.05 Å². The van der Waals surface area contributed by atoms with Crippen molar-refractivity contribution in [2.24, 2.45) is 17.8 Å². The molecule has 0 radical (unpaired) electrons. The molecule has 2 aliphatic rings. The van der Waals surface area contributed by atoms with Gasteiger partial charge in [-0.15, -0.1) is 0 Å². The lowest BCUT2D eigenvalue weighted by molar-refractivity contribution is -0.675. The Kier molecular flexibility index (Phi) is 2.82. The van der Waals surface area contributed by atoms with Crippen molar-refractivity contribution < 1.29 is 17.7 Å². The second-order valence-corrected chi connectivity index (χ2v) is 4.10. The van der Waals surface area contributed by atoms with Crippen LogP contribution in [0.15, 0.2) is 0 Å². The summed E-state index contributed by atoms with van der Waals surface area (Å²) in [4.78, 5) is 0. The van der Waals surface area contributed by atoms with Gasteiger partial charge in [0.2, 0.25) is 0 Å². The van der Waals surface area contributed by atoms with E-state index >= 15 is 0 Å². The molecule has 0 spiro atoms. The number of nitrogens with two attached hydrogens (primary N) is 1. The van der Waals surface area contributed by atoms with Crippen molar-refractivity contribution in [1.82, 2.24) is 0 Å². The molecule has 2 rings (SSSR count). The lowest BCUT2D eigenvalue weighted by Crippen LogP contribution is -3.00. The Morgan fingerprint density at radius 2 is 1.82 bits per heavy atom. The van der Waals surface area contributed by atoms with E-state index in [1.54, 1.807) is 0 Å². The van der Waals surface area contributed by atoms with E-state index in [4.69, 9.17) is 0 Å². The Hall–Kier alpha value is 0.250. The molecule has 2 saturated carbocycles. The Balaban J connectivity index is 0.000000605. The van der Waals surface area contributed by atoms with Crippen LogP contribution in [0.2, 0.25) is 0 Å². The minimum Gasteiger partial charge on any atom is -1.00 e. The molecule has 2 N–H and O–H groups in total. The maximum atomic E-state index is 2.44. The summed E-state index contributed by atoms with van der Waals surface area (Å²) in [5, 5.41) is 2.44. The van der Waals surface area contributed by atoms with Crippen LogP contribution in [0, 0.1) is 17.8 Å². The molecule has 4 atom stereocenters. The molecule has 4 unspecified atom stereocenters. The molecule has 0 amide bonds. The molecule has 2 bridgehead atoms. The van der Waals surface area contributed by atoms with Crippen molar-refractivity contribution >= 4 is 0 Å². The zero-order valence-corrected chi connectivity index (χ0v) is 8.14. The largest absolute Gasteiger partial charge is 1.00 e. The third kappa shape index (κ3) is 1.29. The molecule has 0 heterocycles. The van der Waals surface area contributed by atoms with Crippen LogP contribution in [-0.2, 0) is 0 Å². The number of hydrogen-bond donors (Lipinski definition) is 1. The van der Waals surface area contributed by atoms with Gasteiger partial charge in [-0.2, -0.15) is 0 Å². The maximum Gasteiger partial charge on any atom is 0.0914 e. The molecule has 1 nitrogen and oxygen atoms in total. The number of halogens is 1. The lowest BCUT2D eigenvalue weighted by Gasteiger charge is -2.24. The van der Waals surface area contributed by atoms with Gasteiger partial charge in [0.1, 0.15) is 0 Å². The standard InChI is InChI=1S/C9H17N.ClH/c1-6-7-3-4-8(5-7)9(6)10-2;/h6-10H,3-5H2,1-2H3;1H. The summed E-state index contributed by atoms with van der Waals surface area (Å²) < 4.78 is 0. The van der Waals surface area contributed by atoms with Crippen LogP contribution < -0.4 is 17.7 Å². The van der Waals surface area contributed by atoms with Crippen molar-refractivity contribution in [3.8, 4) is 0 Å². The fraction of sp³-hybridized carbons (Fsp3) is 1.00. The number of quaternary nitrogens is 1. The highest BCUT2D eigenvalue weighted by molar-refractivity contribution is 4.93. The smallest absolute Gasteiger partial charge is 0.0914 e. The maximum absolute atomic E-state index is 2.44. The molecular formula is C9H18ClN. The minimum absolute atomic E-state index is 0. The number of rotatable bonds is 1. The second-order valence-electron chi connectivity index (χ2n) is 4.10. The molecule has 2 heteroatoms. The van der Waals surface area contributed by atoms with E-state index in [2.05, 4.69) is 19.3 Å². The van der Waals surface area contributed by atoms with Gasteiger partial charge in [0.15, 0.2) is 0 Å². The van der Waals surface area contributed by atoms with Crippen LogP contribution in [0.3, 0.4) is 0 Å². The van der Waals surface area contributed by atoms with Crippen LogP contribution in [0.4, 0.5) is 0 Å². The first-order valence-corrected chi connectivity index (χ1v) is 4.62. The normalized spacial score (nSPS) is 47.5. The van der Waals surface area contributed by atoms with E-state index in [0.29, 0.717) is 0 Å². The average molecular weight is 176 g/mol. The fourth-order valence-electron chi connectivity index (χ4n) is 3.20. The van der Waals surface area contributed by atoms with Crippen LogP contribution >= 0.6 is 0 Å². The highest BCUT2D eigenvalue weighted by Gasteiger charge is 2.46. The highest BCUT2D eigenvalue weighted by atomic mass is 35.5. The van der Waals surface area contributed by atoms with Gasteiger partial charge in [0.05, 0.1) is 13.1 Å². The number of fused-ring (bicyclic) bond motifs is 2. The van der Waals surface area contributed by atoms with Gasteiger partial charge >= 0.3 is 0 Å². The Morgan fingerprint density at radius 1 is 1.18 bits per heavy atom. The molecule has 0 aromatic rings. The Morgan fingerprint density at radius 3 is 2.18 bits per heavy atom. The molecule has 0 aromatic heterocycles. The average Bonchev–Trinajstić information content (AvgIpc) is 2.46. The Bertz CT molecular complexity index is 136. The lowest BCUT2D eigenvalue weighted by atomic mass is 9.86. The SMILES string of the molecule is C[NH2+]C1C2CCC(C2)C1C.[Cl-]. The summed E-state index contributed by atoms with van der Waals surface area (Å²) in [6.45, 7) is 2.44. The first kappa shape index (κ1) is 9.34. The second kappa shape index (κ2) is 3.32. The Labute approximate surface area is 75.4 Å². The summed E-state index contributed by atoms with van der Waals surface area (Å²) in [7, 11) is 2.24. The van der Waals surface area contributed by atoms with Gasteiger partial charge in [0, 0.05) is 11.8 Å². The van der Waals surface area contributed by atoms with Crippen molar-refractivity contribution in [3.05, 3.63) is 0 Å². The molecular weight excluding hydrogens is 158 g/mol. The van der Waals surface area contributed by atoms with Gasteiger partial charge in [0.25, 0.3) is 0 Å². The third-order valence-corrected chi connectivity index (χ3v) is 3.79.